The SMILES string of the molecule is C.C[C@H](C(=O)O)N(C)C(=N)N. The van der Waals surface area contributed by atoms with Crippen molar-refractivity contribution in [2.45, 2.75) is 20.4 Å². The Kier molecular flexibility index (Phi) is 5.12. The number of likely N-dealkylation sites (N-methyl/N-ethyl adjacent to an activating group) is 1. The molecule has 0 bridgehead atoms. The molecule has 0 fully saturated rings. The molecule has 0 aromatic rings. The second-order valence-corrected chi connectivity index (χ2v) is 2.01. The summed E-state index contributed by atoms with van der Waals surface area (Å²) in [5, 5.41) is 15.3. The number of hydrogen-bond donors (Lipinski definition) is 3. The summed E-state index contributed by atoms with van der Waals surface area (Å²) in [4.78, 5) is 11.4. The van der Waals surface area contributed by atoms with E-state index < -0.39 is 12.0 Å². The van der Waals surface area contributed by atoms with E-state index in [1.807, 2.05) is 0 Å². The Hall–Kier alpha value is -1.26. The van der Waals surface area contributed by atoms with Crippen molar-refractivity contribution in [3.8, 4) is 0 Å². The van der Waals surface area contributed by atoms with Crippen LogP contribution in [-0.2, 0) is 4.79 Å². The molecule has 1 atom stereocenters. The van der Waals surface area contributed by atoms with Gasteiger partial charge in [0.1, 0.15) is 6.04 Å². The zero-order valence-electron chi connectivity index (χ0n) is 5.96. The summed E-state index contributed by atoms with van der Waals surface area (Å²) in [5.41, 5.74) is 5.02. The van der Waals surface area contributed by atoms with Crippen molar-refractivity contribution < 1.29 is 9.90 Å². The Balaban J connectivity index is 0. The number of guanidine groups is 1. The first kappa shape index (κ1) is 12.4. The average molecular weight is 161 g/mol. The van der Waals surface area contributed by atoms with E-state index in [-0.39, 0.29) is 13.4 Å². The third-order valence-corrected chi connectivity index (χ3v) is 1.32. The number of aliphatic carboxylic acids is 1. The molecule has 0 saturated heterocycles. The Morgan fingerprint density at radius 1 is 1.73 bits per heavy atom. The number of hydrogen-bond acceptors (Lipinski definition) is 2. The van der Waals surface area contributed by atoms with Gasteiger partial charge in [0.15, 0.2) is 5.96 Å². The fraction of sp³-hybridized carbons (Fsp3) is 0.667. The topological polar surface area (TPSA) is 90.4 Å². The average Bonchev–Trinajstić information content (AvgIpc) is 1.84. The summed E-state index contributed by atoms with van der Waals surface area (Å²) in [5.74, 6) is -1.23. The van der Waals surface area contributed by atoms with Crippen molar-refractivity contribution in [2.75, 3.05) is 7.05 Å². The molecule has 4 N–H and O–H groups in total. The van der Waals surface area contributed by atoms with Crippen molar-refractivity contribution >= 4 is 11.9 Å². The van der Waals surface area contributed by atoms with Crippen LogP contribution in [0, 0.1) is 5.41 Å². The first-order chi connectivity index (χ1) is 4.46. The fourth-order valence-electron chi connectivity index (χ4n) is 0.374. The van der Waals surface area contributed by atoms with Crippen LogP contribution in [-0.4, -0.2) is 35.0 Å². The van der Waals surface area contributed by atoms with Crippen molar-refractivity contribution in [1.29, 1.82) is 5.41 Å². The van der Waals surface area contributed by atoms with Crippen LogP contribution in [0.5, 0.6) is 0 Å². The summed E-state index contributed by atoms with van der Waals surface area (Å²) in [7, 11) is 1.46. The molecule has 0 aliphatic heterocycles. The van der Waals surface area contributed by atoms with Crippen LogP contribution in [0.4, 0.5) is 0 Å². The molecule has 0 aliphatic carbocycles. The van der Waals surface area contributed by atoms with Crippen LogP contribution >= 0.6 is 0 Å². The highest BCUT2D eigenvalue weighted by Gasteiger charge is 2.16. The summed E-state index contributed by atoms with van der Waals surface area (Å²) in [6.45, 7) is 1.46. The number of carboxylic acids is 1. The summed E-state index contributed by atoms with van der Waals surface area (Å²) in [6, 6.07) is -0.738. The van der Waals surface area contributed by atoms with E-state index in [0.717, 1.165) is 0 Å². The van der Waals surface area contributed by atoms with E-state index in [1.54, 1.807) is 0 Å². The third kappa shape index (κ3) is 3.44. The lowest BCUT2D eigenvalue weighted by Gasteiger charge is -2.20. The zero-order valence-corrected chi connectivity index (χ0v) is 5.96. The Bertz CT molecular complexity index is 140. The maximum Gasteiger partial charge on any atom is 0.326 e. The predicted octanol–water partition coefficient (Wildman–Crippen LogP) is -0.0791. The van der Waals surface area contributed by atoms with Gasteiger partial charge in [-0.1, -0.05) is 7.43 Å². The van der Waals surface area contributed by atoms with Gasteiger partial charge in [0.25, 0.3) is 0 Å². The quantitative estimate of drug-likeness (QED) is 0.390. The van der Waals surface area contributed by atoms with Crippen LogP contribution in [0.2, 0.25) is 0 Å². The lowest BCUT2D eigenvalue weighted by atomic mass is 10.3. The zero-order chi connectivity index (χ0) is 8.31. The van der Waals surface area contributed by atoms with E-state index >= 15 is 0 Å². The number of nitrogens with one attached hydrogen (secondary N) is 1. The van der Waals surface area contributed by atoms with E-state index in [0.29, 0.717) is 0 Å². The molecule has 5 nitrogen and oxygen atoms in total. The van der Waals surface area contributed by atoms with Gasteiger partial charge in [-0.15, -0.1) is 0 Å². The van der Waals surface area contributed by atoms with Crippen LogP contribution < -0.4 is 5.73 Å². The molecule has 0 aliphatic rings. The monoisotopic (exact) mass is 161 g/mol. The smallest absolute Gasteiger partial charge is 0.326 e. The molecule has 0 spiro atoms. The van der Waals surface area contributed by atoms with Crippen molar-refractivity contribution in [3.63, 3.8) is 0 Å². The second-order valence-electron chi connectivity index (χ2n) is 2.01. The Morgan fingerprint density at radius 3 is 2.18 bits per heavy atom. The van der Waals surface area contributed by atoms with Gasteiger partial charge in [-0.05, 0) is 6.92 Å². The highest BCUT2D eigenvalue weighted by atomic mass is 16.4. The molecule has 0 radical (unpaired) electrons. The van der Waals surface area contributed by atoms with Gasteiger partial charge in [-0.3, -0.25) is 5.41 Å². The van der Waals surface area contributed by atoms with Gasteiger partial charge in [0.05, 0.1) is 0 Å². The summed E-state index contributed by atoms with van der Waals surface area (Å²) < 4.78 is 0. The largest absolute Gasteiger partial charge is 0.480 e. The minimum atomic E-state index is -0.988. The molecule has 0 amide bonds. The van der Waals surface area contributed by atoms with Crippen molar-refractivity contribution in [2.24, 2.45) is 5.73 Å². The van der Waals surface area contributed by atoms with Gasteiger partial charge in [-0.25, -0.2) is 4.79 Å². The lowest BCUT2D eigenvalue weighted by molar-refractivity contribution is -0.140. The maximum absolute atomic E-state index is 10.3. The maximum atomic E-state index is 10.3. The van der Waals surface area contributed by atoms with Crippen molar-refractivity contribution in [3.05, 3.63) is 0 Å². The van der Waals surface area contributed by atoms with Crippen molar-refractivity contribution in [1.82, 2.24) is 4.90 Å². The molecule has 0 saturated carbocycles. The van der Waals surface area contributed by atoms with E-state index in [9.17, 15) is 4.79 Å². The first-order valence-electron chi connectivity index (χ1n) is 2.76. The molecule has 0 unspecified atom stereocenters. The van der Waals surface area contributed by atoms with Crippen LogP contribution in [0.25, 0.3) is 0 Å². The van der Waals surface area contributed by atoms with Crippen LogP contribution in [0.1, 0.15) is 14.4 Å². The Morgan fingerprint density at radius 2 is 2.09 bits per heavy atom. The van der Waals surface area contributed by atoms with E-state index in [4.69, 9.17) is 16.2 Å². The highest BCUT2D eigenvalue weighted by Crippen LogP contribution is 1.92. The molecular formula is C6H15N3O2. The van der Waals surface area contributed by atoms with Gasteiger partial charge in [0.2, 0.25) is 0 Å². The molecule has 0 rings (SSSR count). The molecule has 0 aromatic carbocycles. The Labute approximate surface area is 66.3 Å². The minimum Gasteiger partial charge on any atom is -0.480 e. The minimum absolute atomic E-state index is 0. The molecular weight excluding hydrogens is 146 g/mol. The standard InChI is InChI=1S/C5H11N3O2.CH4/c1-3(4(9)10)8(2)5(6)7;/h3H,1-2H3,(H3,6,7)(H,9,10);1H4/t3-;/m1./s1. The molecule has 0 heterocycles. The van der Waals surface area contributed by atoms with Gasteiger partial charge < -0.3 is 15.7 Å². The number of rotatable bonds is 2. The summed E-state index contributed by atoms with van der Waals surface area (Å²) >= 11 is 0. The predicted molar refractivity (Wildman–Crippen MR) is 43.5 cm³/mol. The van der Waals surface area contributed by atoms with E-state index in [1.165, 1.54) is 18.9 Å². The number of carbonyl (C=O) groups is 1. The van der Waals surface area contributed by atoms with Crippen LogP contribution in [0.3, 0.4) is 0 Å². The van der Waals surface area contributed by atoms with E-state index in [2.05, 4.69) is 0 Å². The summed E-state index contributed by atoms with van der Waals surface area (Å²) in [6.07, 6.45) is 0. The fourth-order valence-corrected chi connectivity index (χ4v) is 0.374. The molecule has 11 heavy (non-hydrogen) atoms. The van der Waals surface area contributed by atoms with Gasteiger partial charge >= 0.3 is 5.97 Å². The van der Waals surface area contributed by atoms with Crippen LogP contribution in [0.15, 0.2) is 0 Å². The normalized spacial score (nSPS) is 11.1. The molecule has 0 aromatic heterocycles. The number of nitrogens with zero attached hydrogens (tertiary/aromatic N) is 1. The molecule has 5 heteroatoms. The highest BCUT2D eigenvalue weighted by molar-refractivity contribution is 5.82. The number of carboxylic acid groups (broad SMARTS) is 1. The lowest BCUT2D eigenvalue weighted by Crippen LogP contribution is -2.43. The van der Waals surface area contributed by atoms with Gasteiger partial charge in [0, 0.05) is 7.05 Å². The van der Waals surface area contributed by atoms with Gasteiger partial charge in [-0.2, -0.15) is 0 Å². The molecule has 66 valence electrons. The first-order valence-corrected chi connectivity index (χ1v) is 2.76. The number of nitrogens with two attached hydrogens (primary N) is 1. The third-order valence-electron chi connectivity index (χ3n) is 1.32. The second kappa shape index (κ2) is 4.54.